The second-order valence-electron chi connectivity index (χ2n) is 5.62. The van der Waals surface area contributed by atoms with Crippen LogP contribution in [0.4, 0.5) is 0 Å². The van der Waals surface area contributed by atoms with E-state index >= 15 is 0 Å². The Morgan fingerprint density at radius 1 is 0.952 bits per heavy atom. The molecule has 21 heavy (non-hydrogen) atoms. The molecule has 4 nitrogen and oxygen atoms in total. The summed E-state index contributed by atoms with van der Waals surface area (Å²) in [6, 6.07) is 18.3. The van der Waals surface area contributed by atoms with Gasteiger partial charge in [0, 0.05) is 11.1 Å². The lowest BCUT2D eigenvalue weighted by molar-refractivity contribution is 0.737. The molecule has 0 radical (unpaired) electrons. The number of hydrogen-bond donors (Lipinski definition) is 1. The normalized spacial score (nSPS) is 15.9. The summed E-state index contributed by atoms with van der Waals surface area (Å²) in [6.07, 6.45) is 4.10. The van der Waals surface area contributed by atoms with Crippen molar-refractivity contribution >= 4 is 0 Å². The summed E-state index contributed by atoms with van der Waals surface area (Å²) in [4.78, 5) is 0. The SMILES string of the molecule is NC1(c2ccc(-n3cc(-c4ccccc4)nn3)cc2)CC1. The number of nitrogens with zero attached hydrogens (tertiary/aromatic N) is 3. The number of nitrogens with two attached hydrogens (primary N) is 1. The molecule has 1 fully saturated rings. The maximum absolute atomic E-state index is 6.20. The molecule has 1 aliphatic rings. The summed E-state index contributed by atoms with van der Waals surface area (Å²) in [5.74, 6) is 0. The maximum Gasteiger partial charge on any atom is 0.113 e. The first-order valence-electron chi connectivity index (χ1n) is 7.12. The predicted octanol–water partition coefficient (Wildman–Crippen LogP) is 2.88. The Labute approximate surface area is 123 Å². The Hall–Kier alpha value is -2.46. The van der Waals surface area contributed by atoms with E-state index < -0.39 is 0 Å². The second kappa shape index (κ2) is 4.53. The second-order valence-corrected chi connectivity index (χ2v) is 5.62. The Balaban J connectivity index is 1.64. The van der Waals surface area contributed by atoms with Crippen molar-refractivity contribution in [2.24, 2.45) is 5.73 Å². The van der Waals surface area contributed by atoms with Crippen molar-refractivity contribution in [2.75, 3.05) is 0 Å². The van der Waals surface area contributed by atoms with E-state index in [1.54, 1.807) is 4.68 Å². The summed E-state index contributed by atoms with van der Waals surface area (Å²) in [7, 11) is 0. The van der Waals surface area contributed by atoms with E-state index in [9.17, 15) is 0 Å². The van der Waals surface area contributed by atoms with Gasteiger partial charge in [-0.3, -0.25) is 0 Å². The molecule has 4 heteroatoms. The molecule has 0 spiro atoms. The summed E-state index contributed by atoms with van der Waals surface area (Å²) >= 11 is 0. The summed E-state index contributed by atoms with van der Waals surface area (Å²) < 4.78 is 1.79. The van der Waals surface area contributed by atoms with E-state index in [0.29, 0.717) is 0 Å². The van der Waals surface area contributed by atoms with Gasteiger partial charge >= 0.3 is 0 Å². The van der Waals surface area contributed by atoms with Gasteiger partial charge in [0.2, 0.25) is 0 Å². The van der Waals surface area contributed by atoms with E-state index in [2.05, 4.69) is 22.4 Å². The molecule has 104 valence electrons. The summed E-state index contributed by atoms with van der Waals surface area (Å²) in [5.41, 5.74) is 10.3. The van der Waals surface area contributed by atoms with Crippen molar-refractivity contribution in [3.8, 4) is 16.9 Å². The minimum atomic E-state index is -0.0872. The average Bonchev–Trinajstić information content (AvgIpc) is 3.11. The van der Waals surface area contributed by atoms with Gasteiger partial charge in [0.1, 0.15) is 5.69 Å². The van der Waals surface area contributed by atoms with Crippen molar-refractivity contribution in [1.82, 2.24) is 15.0 Å². The first kappa shape index (κ1) is 12.3. The Morgan fingerprint density at radius 3 is 2.33 bits per heavy atom. The van der Waals surface area contributed by atoms with Crippen LogP contribution in [0.5, 0.6) is 0 Å². The Kier molecular flexibility index (Phi) is 2.65. The molecule has 0 atom stereocenters. The van der Waals surface area contributed by atoms with Gasteiger partial charge in [-0.25, -0.2) is 4.68 Å². The third kappa shape index (κ3) is 2.23. The molecule has 0 unspecified atom stereocenters. The molecule has 4 rings (SSSR count). The van der Waals surface area contributed by atoms with Crippen LogP contribution in [0, 0.1) is 0 Å². The molecule has 0 bridgehead atoms. The van der Waals surface area contributed by atoms with Gasteiger partial charge in [-0.2, -0.15) is 0 Å². The molecule has 0 aliphatic heterocycles. The van der Waals surface area contributed by atoms with Crippen molar-refractivity contribution < 1.29 is 0 Å². The topological polar surface area (TPSA) is 56.7 Å². The predicted molar refractivity (Wildman–Crippen MR) is 81.9 cm³/mol. The minimum Gasteiger partial charge on any atom is -0.321 e. The van der Waals surface area contributed by atoms with E-state index in [1.807, 2.05) is 48.7 Å². The Bertz CT molecular complexity index is 755. The largest absolute Gasteiger partial charge is 0.321 e. The van der Waals surface area contributed by atoms with Crippen LogP contribution in [0.15, 0.2) is 60.8 Å². The van der Waals surface area contributed by atoms with Crippen molar-refractivity contribution in [3.05, 3.63) is 66.4 Å². The fourth-order valence-corrected chi connectivity index (χ4v) is 2.50. The molecule has 3 aromatic rings. The van der Waals surface area contributed by atoms with E-state index in [1.165, 1.54) is 5.56 Å². The molecule has 1 aromatic heterocycles. The van der Waals surface area contributed by atoms with Crippen LogP contribution in [0.1, 0.15) is 18.4 Å². The highest BCUT2D eigenvalue weighted by molar-refractivity contribution is 5.57. The molecule has 0 amide bonds. The number of hydrogen-bond acceptors (Lipinski definition) is 3. The molecular formula is C17H16N4. The average molecular weight is 276 g/mol. The first-order chi connectivity index (χ1) is 10.2. The van der Waals surface area contributed by atoms with Gasteiger partial charge in [0.15, 0.2) is 0 Å². The fraction of sp³-hybridized carbons (Fsp3) is 0.176. The lowest BCUT2D eigenvalue weighted by Crippen LogP contribution is -2.18. The van der Waals surface area contributed by atoms with Crippen molar-refractivity contribution in [3.63, 3.8) is 0 Å². The fourth-order valence-electron chi connectivity index (χ4n) is 2.50. The highest BCUT2D eigenvalue weighted by atomic mass is 15.4. The van der Waals surface area contributed by atoms with Crippen LogP contribution in [0.25, 0.3) is 16.9 Å². The molecule has 1 aliphatic carbocycles. The zero-order valence-electron chi connectivity index (χ0n) is 11.6. The standard InChI is InChI=1S/C17H16N4/c18-17(10-11-17)14-6-8-15(9-7-14)21-12-16(19-20-21)13-4-2-1-3-5-13/h1-9,12H,10-11,18H2. The lowest BCUT2D eigenvalue weighted by Gasteiger charge is -2.09. The van der Waals surface area contributed by atoms with Gasteiger partial charge in [0.25, 0.3) is 0 Å². The highest BCUT2D eigenvalue weighted by Gasteiger charge is 2.39. The van der Waals surface area contributed by atoms with Crippen LogP contribution < -0.4 is 5.73 Å². The minimum absolute atomic E-state index is 0.0872. The van der Waals surface area contributed by atoms with E-state index in [0.717, 1.165) is 29.8 Å². The van der Waals surface area contributed by atoms with E-state index in [-0.39, 0.29) is 5.54 Å². The number of benzene rings is 2. The zero-order valence-corrected chi connectivity index (χ0v) is 11.6. The van der Waals surface area contributed by atoms with Crippen LogP contribution in [-0.2, 0) is 5.54 Å². The van der Waals surface area contributed by atoms with E-state index in [4.69, 9.17) is 5.73 Å². The lowest BCUT2D eigenvalue weighted by atomic mass is 10.1. The molecule has 1 saturated carbocycles. The van der Waals surface area contributed by atoms with Crippen LogP contribution in [0.2, 0.25) is 0 Å². The number of rotatable bonds is 3. The summed E-state index contributed by atoms with van der Waals surface area (Å²) in [5, 5.41) is 8.44. The van der Waals surface area contributed by atoms with Gasteiger partial charge in [-0.1, -0.05) is 47.7 Å². The van der Waals surface area contributed by atoms with Crippen LogP contribution in [-0.4, -0.2) is 15.0 Å². The third-order valence-corrected chi connectivity index (χ3v) is 4.06. The van der Waals surface area contributed by atoms with Gasteiger partial charge < -0.3 is 5.73 Å². The van der Waals surface area contributed by atoms with Gasteiger partial charge in [0.05, 0.1) is 11.9 Å². The highest BCUT2D eigenvalue weighted by Crippen LogP contribution is 2.42. The first-order valence-corrected chi connectivity index (χ1v) is 7.12. The smallest absolute Gasteiger partial charge is 0.113 e. The maximum atomic E-state index is 6.20. The molecule has 2 N–H and O–H groups in total. The molecular weight excluding hydrogens is 260 g/mol. The van der Waals surface area contributed by atoms with Crippen molar-refractivity contribution in [2.45, 2.75) is 18.4 Å². The monoisotopic (exact) mass is 276 g/mol. The molecule has 2 aromatic carbocycles. The zero-order chi connectivity index (χ0) is 14.3. The summed E-state index contributed by atoms with van der Waals surface area (Å²) in [6.45, 7) is 0. The molecule has 1 heterocycles. The quantitative estimate of drug-likeness (QED) is 0.800. The van der Waals surface area contributed by atoms with Gasteiger partial charge in [-0.15, -0.1) is 5.10 Å². The van der Waals surface area contributed by atoms with Gasteiger partial charge in [-0.05, 0) is 30.5 Å². The third-order valence-electron chi connectivity index (χ3n) is 4.06. The van der Waals surface area contributed by atoms with Crippen LogP contribution in [0.3, 0.4) is 0 Å². The Morgan fingerprint density at radius 2 is 1.67 bits per heavy atom. The van der Waals surface area contributed by atoms with Crippen LogP contribution >= 0.6 is 0 Å². The number of aromatic nitrogens is 3. The molecule has 0 saturated heterocycles. The van der Waals surface area contributed by atoms with Crippen molar-refractivity contribution in [1.29, 1.82) is 0 Å².